The lowest BCUT2D eigenvalue weighted by Crippen LogP contribution is -2.40. The maximum absolute atomic E-state index is 11.1. The molecule has 2 atom stereocenters. The zero-order chi connectivity index (χ0) is 12.5. The van der Waals surface area contributed by atoms with E-state index in [2.05, 4.69) is 45.0 Å². The number of aliphatic hydroxyl groups is 1. The van der Waals surface area contributed by atoms with E-state index in [0.717, 1.165) is 24.8 Å². The fourth-order valence-electron chi connectivity index (χ4n) is 3.34. The van der Waals surface area contributed by atoms with Gasteiger partial charge in [0.15, 0.2) is 0 Å². The molecule has 2 rings (SSSR count). The molecule has 0 heterocycles. The molecule has 94 valence electrons. The molecule has 0 aliphatic heterocycles. The third kappa shape index (κ3) is 2.40. The highest BCUT2D eigenvalue weighted by Crippen LogP contribution is 2.45. The first-order chi connectivity index (χ1) is 8.04. The van der Waals surface area contributed by atoms with E-state index in [0.29, 0.717) is 11.8 Å². The van der Waals surface area contributed by atoms with Crippen molar-refractivity contribution in [3.63, 3.8) is 0 Å². The van der Waals surface area contributed by atoms with Gasteiger partial charge in [0.2, 0.25) is 0 Å². The van der Waals surface area contributed by atoms with Crippen molar-refractivity contribution < 1.29 is 5.11 Å². The first kappa shape index (κ1) is 12.6. The van der Waals surface area contributed by atoms with Gasteiger partial charge in [0, 0.05) is 0 Å². The zero-order valence-electron chi connectivity index (χ0n) is 11.2. The monoisotopic (exact) mass is 232 g/mol. The molecule has 1 aromatic carbocycles. The van der Waals surface area contributed by atoms with E-state index >= 15 is 0 Å². The topological polar surface area (TPSA) is 20.2 Å². The number of rotatable bonds is 2. The summed E-state index contributed by atoms with van der Waals surface area (Å²) >= 11 is 0. The van der Waals surface area contributed by atoms with Gasteiger partial charge in [0.05, 0.1) is 5.60 Å². The van der Waals surface area contributed by atoms with Gasteiger partial charge in [-0.15, -0.1) is 0 Å². The van der Waals surface area contributed by atoms with Crippen LogP contribution in [0.15, 0.2) is 24.3 Å². The van der Waals surface area contributed by atoms with E-state index in [1.807, 2.05) is 0 Å². The van der Waals surface area contributed by atoms with Crippen molar-refractivity contribution in [2.45, 2.75) is 52.1 Å². The van der Waals surface area contributed by atoms with Crippen LogP contribution in [0.1, 0.15) is 50.7 Å². The molecule has 0 aromatic heterocycles. The summed E-state index contributed by atoms with van der Waals surface area (Å²) in [6.45, 7) is 6.56. The average Bonchev–Trinajstić information content (AvgIpc) is 2.29. The fourth-order valence-corrected chi connectivity index (χ4v) is 3.34. The molecule has 0 spiro atoms. The summed E-state index contributed by atoms with van der Waals surface area (Å²) in [5, 5.41) is 11.1. The Labute approximate surface area is 105 Å². The van der Waals surface area contributed by atoms with Crippen molar-refractivity contribution >= 4 is 0 Å². The predicted octanol–water partition coefficient (Wildman–Crippen LogP) is 4.03. The van der Waals surface area contributed by atoms with Crippen LogP contribution < -0.4 is 0 Å². The number of hydrogen-bond acceptors (Lipinski definition) is 1. The normalized spacial score (nSPS) is 29.6. The molecule has 0 bridgehead atoms. The van der Waals surface area contributed by atoms with Crippen molar-refractivity contribution in [1.82, 2.24) is 0 Å². The predicted molar refractivity (Wildman–Crippen MR) is 71.9 cm³/mol. The largest absolute Gasteiger partial charge is 0.385 e. The van der Waals surface area contributed by atoms with Crippen LogP contribution in [0.5, 0.6) is 0 Å². The van der Waals surface area contributed by atoms with Gasteiger partial charge >= 0.3 is 0 Å². The maximum Gasteiger partial charge on any atom is 0.0927 e. The van der Waals surface area contributed by atoms with Crippen LogP contribution >= 0.6 is 0 Å². The second-order valence-electron chi connectivity index (χ2n) is 5.89. The van der Waals surface area contributed by atoms with Gasteiger partial charge in [-0.2, -0.15) is 0 Å². The molecule has 1 nitrogen and oxygen atoms in total. The Morgan fingerprint density at radius 1 is 1.29 bits per heavy atom. The smallest absolute Gasteiger partial charge is 0.0927 e. The van der Waals surface area contributed by atoms with Crippen LogP contribution in [0, 0.1) is 18.8 Å². The molecule has 0 saturated heterocycles. The first-order valence-electron chi connectivity index (χ1n) is 6.83. The van der Waals surface area contributed by atoms with E-state index in [1.54, 1.807) is 0 Å². The molecule has 1 saturated carbocycles. The Kier molecular flexibility index (Phi) is 3.58. The summed E-state index contributed by atoms with van der Waals surface area (Å²) in [6, 6.07) is 8.41. The first-order valence-corrected chi connectivity index (χ1v) is 6.83. The van der Waals surface area contributed by atoms with Gasteiger partial charge in [-0.25, -0.2) is 0 Å². The minimum atomic E-state index is -0.599. The van der Waals surface area contributed by atoms with Crippen molar-refractivity contribution in [3.8, 4) is 0 Å². The Balaban J connectivity index is 2.37. The van der Waals surface area contributed by atoms with Crippen molar-refractivity contribution in [2.75, 3.05) is 0 Å². The highest BCUT2D eigenvalue weighted by Gasteiger charge is 2.41. The van der Waals surface area contributed by atoms with Crippen molar-refractivity contribution in [1.29, 1.82) is 0 Å². The molecule has 0 amide bonds. The molecule has 1 aliphatic rings. The molecular formula is C16H24O. The quantitative estimate of drug-likeness (QED) is 0.816. The molecule has 1 N–H and O–H groups in total. The van der Waals surface area contributed by atoms with Gasteiger partial charge in [0.1, 0.15) is 0 Å². The third-order valence-corrected chi connectivity index (χ3v) is 4.26. The van der Waals surface area contributed by atoms with Crippen LogP contribution in [0.3, 0.4) is 0 Å². The van der Waals surface area contributed by atoms with Crippen LogP contribution in [0.4, 0.5) is 0 Å². The zero-order valence-corrected chi connectivity index (χ0v) is 11.2. The number of hydrogen-bond donors (Lipinski definition) is 1. The van der Waals surface area contributed by atoms with Crippen molar-refractivity contribution in [3.05, 3.63) is 35.4 Å². The van der Waals surface area contributed by atoms with Crippen LogP contribution in [-0.2, 0) is 5.60 Å². The van der Waals surface area contributed by atoms with Crippen LogP contribution in [0.2, 0.25) is 0 Å². The molecule has 17 heavy (non-hydrogen) atoms. The van der Waals surface area contributed by atoms with E-state index in [-0.39, 0.29) is 0 Å². The lowest BCUT2D eigenvalue weighted by atomic mass is 9.67. The second-order valence-corrected chi connectivity index (χ2v) is 5.89. The lowest BCUT2D eigenvalue weighted by molar-refractivity contribution is -0.0721. The minimum Gasteiger partial charge on any atom is -0.385 e. The summed E-state index contributed by atoms with van der Waals surface area (Å²) in [5.74, 6) is 0.943. The Bertz CT molecular complexity index is 383. The Morgan fingerprint density at radius 3 is 2.71 bits per heavy atom. The minimum absolute atomic E-state index is 0.401. The summed E-state index contributed by atoms with van der Waals surface area (Å²) in [7, 11) is 0. The average molecular weight is 232 g/mol. The summed E-state index contributed by atoms with van der Waals surface area (Å²) < 4.78 is 0. The van der Waals surface area contributed by atoms with Crippen LogP contribution in [0.25, 0.3) is 0 Å². The van der Waals surface area contributed by atoms with E-state index < -0.39 is 5.60 Å². The second kappa shape index (κ2) is 4.81. The van der Waals surface area contributed by atoms with Gasteiger partial charge in [-0.05, 0) is 37.2 Å². The molecule has 2 unspecified atom stereocenters. The Hall–Kier alpha value is -0.820. The standard InChI is InChI=1S/C16H24O/c1-12(2)15-9-4-5-10-16(15,17)14-8-6-7-13(3)11-14/h6-8,11-12,15,17H,4-5,9-10H2,1-3H3. The van der Waals surface area contributed by atoms with Gasteiger partial charge in [0.25, 0.3) is 0 Å². The van der Waals surface area contributed by atoms with Crippen molar-refractivity contribution in [2.24, 2.45) is 11.8 Å². The third-order valence-electron chi connectivity index (χ3n) is 4.26. The van der Waals surface area contributed by atoms with E-state index in [9.17, 15) is 5.11 Å². The maximum atomic E-state index is 11.1. The van der Waals surface area contributed by atoms with E-state index in [4.69, 9.17) is 0 Å². The van der Waals surface area contributed by atoms with Gasteiger partial charge in [-0.3, -0.25) is 0 Å². The van der Waals surface area contributed by atoms with Crippen LogP contribution in [-0.4, -0.2) is 5.11 Å². The molecule has 0 radical (unpaired) electrons. The number of aryl methyl sites for hydroxylation is 1. The lowest BCUT2D eigenvalue weighted by Gasteiger charge is -2.43. The highest BCUT2D eigenvalue weighted by molar-refractivity contribution is 5.28. The molecule has 1 fully saturated rings. The molecule has 1 heteroatoms. The van der Waals surface area contributed by atoms with E-state index in [1.165, 1.54) is 12.0 Å². The SMILES string of the molecule is Cc1cccc(C2(O)CCCCC2C(C)C)c1. The molecular weight excluding hydrogens is 208 g/mol. The molecule has 1 aromatic rings. The summed E-state index contributed by atoms with van der Waals surface area (Å²) in [5.41, 5.74) is 1.76. The highest BCUT2D eigenvalue weighted by atomic mass is 16.3. The summed E-state index contributed by atoms with van der Waals surface area (Å²) in [6.07, 6.45) is 4.48. The number of benzene rings is 1. The molecule has 1 aliphatic carbocycles. The summed E-state index contributed by atoms with van der Waals surface area (Å²) in [4.78, 5) is 0. The Morgan fingerprint density at radius 2 is 2.06 bits per heavy atom. The van der Waals surface area contributed by atoms with Gasteiger partial charge in [-0.1, -0.05) is 56.5 Å². The van der Waals surface area contributed by atoms with Gasteiger partial charge < -0.3 is 5.11 Å². The fraction of sp³-hybridized carbons (Fsp3) is 0.625.